The smallest absolute Gasteiger partial charge is 0.0478 e. The van der Waals surface area contributed by atoms with E-state index in [4.69, 9.17) is 4.74 Å². The zero-order chi connectivity index (χ0) is 11.6. The lowest BCUT2D eigenvalue weighted by molar-refractivity contribution is 0.125. The lowest BCUT2D eigenvalue weighted by Crippen LogP contribution is -2.27. The van der Waals surface area contributed by atoms with Crippen molar-refractivity contribution in [1.82, 2.24) is 5.32 Å². The van der Waals surface area contributed by atoms with Gasteiger partial charge in [-0.05, 0) is 44.6 Å². The molecule has 0 saturated heterocycles. The maximum absolute atomic E-state index is 5.61. The zero-order valence-electron chi connectivity index (χ0n) is 11.1. The quantitative estimate of drug-likeness (QED) is 0.610. The van der Waals surface area contributed by atoms with Crippen molar-refractivity contribution in [3.8, 4) is 0 Å². The van der Waals surface area contributed by atoms with Crippen molar-refractivity contribution in [2.45, 2.75) is 64.8 Å². The highest BCUT2D eigenvalue weighted by molar-refractivity contribution is 4.72. The Kier molecular flexibility index (Phi) is 7.87. The molecule has 1 aliphatic rings. The minimum atomic E-state index is 0.806. The summed E-state index contributed by atoms with van der Waals surface area (Å²) in [7, 11) is 0. The molecule has 0 aromatic rings. The second-order valence-electron chi connectivity index (χ2n) is 5.44. The first kappa shape index (κ1) is 14.0. The van der Waals surface area contributed by atoms with Crippen LogP contribution in [0.5, 0.6) is 0 Å². The second kappa shape index (κ2) is 9.00. The molecule has 1 N–H and O–H groups in total. The Morgan fingerprint density at radius 3 is 2.50 bits per heavy atom. The van der Waals surface area contributed by atoms with Crippen molar-refractivity contribution in [3.63, 3.8) is 0 Å². The molecule has 0 unspecified atom stereocenters. The summed E-state index contributed by atoms with van der Waals surface area (Å²) in [6, 6.07) is 0.806. The molecule has 0 aromatic heterocycles. The molecule has 0 spiro atoms. The van der Waals surface area contributed by atoms with E-state index in [1.165, 1.54) is 38.5 Å². The second-order valence-corrected chi connectivity index (χ2v) is 5.44. The summed E-state index contributed by atoms with van der Waals surface area (Å²) in [6.45, 7) is 7.55. The van der Waals surface area contributed by atoms with Crippen LogP contribution in [0.3, 0.4) is 0 Å². The van der Waals surface area contributed by atoms with E-state index in [1.54, 1.807) is 0 Å². The van der Waals surface area contributed by atoms with Gasteiger partial charge in [-0.2, -0.15) is 0 Å². The average Bonchev–Trinajstić information content (AvgIpc) is 2.74. The van der Waals surface area contributed by atoms with Gasteiger partial charge in [-0.1, -0.05) is 26.7 Å². The molecule has 1 rings (SSSR count). The Labute approximate surface area is 101 Å². The Hall–Kier alpha value is -0.0800. The van der Waals surface area contributed by atoms with Crippen molar-refractivity contribution < 1.29 is 4.74 Å². The van der Waals surface area contributed by atoms with E-state index in [-0.39, 0.29) is 0 Å². The predicted molar refractivity (Wildman–Crippen MR) is 69.8 cm³/mol. The van der Waals surface area contributed by atoms with Crippen LogP contribution < -0.4 is 5.32 Å². The van der Waals surface area contributed by atoms with E-state index in [2.05, 4.69) is 19.2 Å². The van der Waals surface area contributed by atoms with Gasteiger partial charge >= 0.3 is 0 Å². The average molecular weight is 227 g/mol. The molecule has 0 bridgehead atoms. The van der Waals surface area contributed by atoms with Crippen LogP contribution in [0.2, 0.25) is 0 Å². The molecule has 96 valence electrons. The third-order valence-electron chi connectivity index (χ3n) is 3.32. The fraction of sp³-hybridized carbons (Fsp3) is 1.00. The summed E-state index contributed by atoms with van der Waals surface area (Å²) in [6.07, 6.45) is 9.28. The van der Waals surface area contributed by atoms with E-state index < -0.39 is 0 Å². The zero-order valence-corrected chi connectivity index (χ0v) is 11.1. The molecule has 1 saturated carbocycles. The van der Waals surface area contributed by atoms with E-state index >= 15 is 0 Å². The summed E-state index contributed by atoms with van der Waals surface area (Å²) in [5.74, 6) is 0.813. The highest BCUT2D eigenvalue weighted by Gasteiger charge is 2.12. The first-order valence-corrected chi connectivity index (χ1v) is 7.10. The Balaban J connectivity index is 1.74. The normalized spacial score (nSPS) is 17.4. The van der Waals surface area contributed by atoms with Crippen molar-refractivity contribution in [3.05, 3.63) is 0 Å². The fourth-order valence-electron chi connectivity index (χ4n) is 2.31. The summed E-state index contributed by atoms with van der Waals surface area (Å²) in [4.78, 5) is 0. The Morgan fingerprint density at radius 2 is 1.81 bits per heavy atom. The van der Waals surface area contributed by atoms with Gasteiger partial charge in [-0.25, -0.2) is 0 Å². The van der Waals surface area contributed by atoms with Gasteiger partial charge < -0.3 is 10.1 Å². The van der Waals surface area contributed by atoms with Gasteiger partial charge in [0.1, 0.15) is 0 Å². The molecular weight excluding hydrogens is 198 g/mol. The summed E-state index contributed by atoms with van der Waals surface area (Å²) >= 11 is 0. The lowest BCUT2D eigenvalue weighted by atomic mass is 10.1. The number of hydrogen-bond acceptors (Lipinski definition) is 2. The molecule has 1 aliphatic carbocycles. The van der Waals surface area contributed by atoms with Crippen LogP contribution in [-0.2, 0) is 4.74 Å². The molecule has 0 atom stereocenters. The third-order valence-corrected chi connectivity index (χ3v) is 3.32. The van der Waals surface area contributed by atoms with Crippen LogP contribution in [0.1, 0.15) is 58.8 Å². The molecular formula is C14H29NO. The lowest BCUT2D eigenvalue weighted by Gasteiger charge is -2.11. The maximum Gasteiger partial charge on any atom is 0.0478 e. The Morgan fingerprint density at radius 1 is 1.12 bits per heavy atom. The molecule has 1 fully saturated rings. The topological polar surface area (TPSA) is 21.3 Å². The van der Waals surface area contributed by atoms with Crippen LogP contribution in [0.15, 0.2) is 0 Å². The predicted octanol–water partition coefficient (Wildman–Crippen LogP) is 3.36. The molecule has 0 aromatic carbocycles. The van der Waals surface area contributed by atoms with Crippen LogP contribution in [-0.4, -0.2) is 25.8 Å². The minimum absolute atomic E-state index is 0.806. The van der Waals surface area contributed by atoms with Crippen LogP contribution in [0.25, 0.3) is 0 Å². The molecule has 2 nitrogen and oxygen atoms in total. The first-order valence-electron chi connectivity index (χ1n) is 7.10. The fourth-order valence-corrected chi connectivity index (χ4v) is 2.31. The van der Waals surface area contributed by atoms with Crippen molar-refractivity contribution in [1.29, 1.82) is 0 Å². The number of hydrogen-bond donors (Lipinski definition) is 1. The van der Waals surface area contributed by atoms with Crippen LogP contribution in [0, 0.1) is 5.92 Å². The van der Waals surface area contributed by atoms with E-state index in [0.29, 0.717) is 0 Å². The highest BCUT2D eigenvalue weighted by atomic mass is 16.5. The number of nitrogens with one attached hydrogen (secondary N) is 1. The van der Waals surface area contributed by atoms with Crippen molar-refractivity contribution >= 4 is 0 Å². The Bertz CT molecular complexity index is 153. The number of rotatable bonds is 9. The van der Waals surface area contributed by atoms with E-state index in [0.717, 1.165) is 38.1 Å². The standard InChI is InChI=1S/C14H29NO/c1-13(2)7-5-11-16-12-6-10-15-14-8-3-4-9-14/h13-15H,3-12H2,1-2H3. The highest BCUT2D eigenvalue weighted by Crippen LogP contribution is 2.17. The summed E-state index contributed by atoms with van der Waals surface area (Å²) < 4.78 is 5.61. The monoisotopic (exact) mass is 227 g/mol. The van der Waals surface area contributed by atoms with Gasteiger partial charge in [0.15, 0.2) is 0 Å². The van der Waals surface area contributed by atoms with Gasteiger partial charge in [-0.3, -0.25) is 0 Å². The van der Waals surface area contributed by atoms with Crippen LogP contribution in [0.4, 0.5) is 0 Å². The summed E-state index contributed by atoms with van der Waals surface area (Å²) in [5.41, 5.74) is 0. The summed E-state index contributed by atoms with van der Waals surface area (Å²) in [5, 5.41) is 3.61. The molecule has 0 amide bonds. The minimum Gasteiger partial charge on any atom is -0.381 e. The van der Waals surface area contributed by atoms with Gasteiger partial charge in [0.2, 0.25) is 0 Å². The van der Waals surface area contributed by atoms with E-state index in [1.807, 2.05) is 0 Å². The molecule has 0 heterocycles. The van der Waals surface area contributed by atoms with Crippen molar-refractivity contribution in [2.24, 2.45) is 5.92 Å². The third kappa shape index (κ3) is 7.24. The molecule has 16 heavy (non-hydrogen) atoms. The SMILES string of the molecule is CC(C)CCCOCCCNC1CCCC1. The van der Waals surface area contributed by atoms with Gasteiger partial charge in [-0.15, -0.1) is 0 Å². The van der Waals surface area contributed by atoms with Gasteiger partial charge in [0.05, 0.1) is 0 Å². The maximum atomic E-state index is 5.61. The first-order chi connectivity index (χ1) is 7.79. The molecule has 0 aliphatic heterocycles. The van der Waals surface area contributed by atoms with E-state index in [9.17, 15) is 0 Å². The molecule has 2 heteroatoms. The molecule has 0 radical (unpaired) electrons. The van der Waals surface area contributed by atoms with Crippen LogP contribution >= 0.6 is 0 Å². The number of ether oxygens (including phenoxy) is 1. The van der Waals surface area contributed by atoms with Crippen molar-refractivity contribution in [2.75, 3.05) is 19.8 Å². The van der Waals surface area contributed by atoms with Gasteiger partial charge in [0, 0.05) is 19.3 Å². The van der Waals surface area contributed by atoms with Gasteiger partial charge in [0.25, 0.3) is 0 Å². The largest absolute Gasteiger partial charge is 0.381 e.